The summed E-state index contributed by atoms with van der Waals surface area (Å²) in [7, 11) is 0. The summed E-state index contributed by atoms with van der Waals surface area (Å²) in [4.78, 5) is 55.0. The minimum absolute atomic E-state index is 0.0200. The predicted molar refractivity (Wildman–Crippen MR) is 155 cm³/mol. The highest BCUT2D eigenvalue weighted by molar-refractivity contribution is 5.96. The number of allylic oxidation sites excluding steroid dienone is 4. The van der Waals surface area contributed by atoms with Crippen LogP contribution in [0.2, 0.25) is 0 Å². The van der Waals surface area contributed by atoms with Gasteiger partial charge in [-0.3, -0.25) is 14.4 Å². The van der Waals surface area contributed by atoms with Crippen LogP contribution in [0.5, 0.6) is 0 Å². The fraction of sp³-hybridized carbons (Fsp3) is 0.290. The molecular weight excluding hydrogens is 522 g/mol. The normalized spacial score (nSPS) is 18.3. The standard InChI is InChI=1S/C31H35N5O5/c1-30(28(39)35-18-26(33)37,36-29(40)41-19-21-10-4-2-5-11-21)20-31(14-8-3-9-15-31)27(38)24(32)16-22-17-34-25-13-7-6-12-23(22)25/h2-14,17,24,34H,15-16,18-20,32H2,1H3,(H2,33,37)(H,35,39)(H,36,40)/t24-,30?,31?/m0/s1. The molecule has 1 aliphatic carbocycles. The van der Waals surface area contributed by atoms with Crippen LogP contribution in [-0.4, -0.2) is 46.8 Å². The fourth-order valence-electron chi connectivity index (χ4n) is 5.22. The molecule has 1 heterocycles. The van der Waals surface area contributed by atoms with Crippen LogP contribution in [0.1, 0.15) is 30.9 Å². The number of fused-ring (bicyclic) bond motifs is 1. The Morgan fingerprint density at radius 3 is 2.51 bits per heavy atom. The molecule has 0 fully saturated rings. The largest absolute Gasteiger partial charge is 0.445 e. The number of carbonyl (C=O) groups is 4. The number of para-hydroxylation sites is 1. The summed E-state index contributed by atoms with van der Waals surface area (Å²) < 4.78 is 5.37. The Labute approximate surface area is 238 Å². The number of hydrogen-bond donors (Lipinski definition) is 5. The maximum atomic E-state index is 14.1. The van der Waals surface area contributed by atoms with E-state index in [2.05, 4.69) is 15.6 Å². The minimum atomic E-state index is -1.66. The van der Waals surface area contributed by atoms with Gasteiger partial charge < -0.3 is 31.8 Å². The molecule has 2 aromatic carbocycles. The molecule has 0 aliphatic heterocycles. The Bertz CT molecular complexity index is 1480. The molecule has 0 saturated carbocycles. The van der Waals surface area contributed by atoms with E-state index in [0.29, 0.717) is 0 Å². The molecule has 10 nitrogen and oxygen atoms in total. The molecule has 0 spiro atoms. The Morgan fingerprint density at radius 2 is 1.80 bits per heavy atom. The second kappa shape index (κ2) is 12.6. The fourth-order valence-corrected chi connectivity index (χ4v) is 5.22. The number of H-pyrrole nitrogens is 1. The van der Waals surface area contributed by atoms with E-state index in [1.165, 1.54) is 6.92 Å². The number of ether oxygens (including phenoxy) is 1. The van der Waals surface area contributed by atoms with Gasteiger partial charge in [-0.1, -0.05) is 72.8 Å². The number of ketones is 1. The highest BCUT2D eigenvalue weighted by Crippen LogP contribution is 2.39. The third kappa shape index (κ3) is 7.09. The van der Waals surface area contributed by atoms with E-state index in [0.717, 1.165) is 22.0 Å². The molecule has 41 heavy (non-hydrogen) atoms. The first-order valence-corrected chi connectivity index (χ1v) is 13.4. The molecule has 3 aromatic rings. The average molecular weight is 558 g/mol. The van der Waals surface area contributed by atoms with Crippen LogP contribution in [0.15, 0.2) is 85.1 Å². The summed E-state index contributed by atoms with van der Waals surface area (Å²) in [5.74, 6) is -1.72. The van der Waals surface area contributed by atoms with Gasteiger partial charge in [0.1, 0.15) is 12.1 Å². The summed E-state index contributed by atoms with van der Waals surface area (Å²) >= 11 is 0. The second-order valence-corrected chi connectivity index (χ2v) is 10.5. The first-order chi connectivity index (χ1) is 19.6. The molecule has 2 unspecified atom stereocenters. The van der Waals surface area contributed by atoms with E-state index < -0.39 is 41.4 Å². The molecule has 214 valence electrons. The first-order valence-electron chi connectivity index (χ1n) is 13.4. The number of Topliss-reactive ketones (excluding diaryl/α,β-unsaturated/α-hetero) is 1. The van der Waals surface area contributed by atoms with Crippen molar-refractivity contribution in [3.63, 3.8) is 0 Å². The van der Waals surface area contributed by atoms with Gasteiger partial charge in [0.2, 0.25) is 11.8 Å². The third-order valence-corrected chi connectivity index (χ3v) is 7.27. The van der Waals surface area contributed by atoms with Crippen LogP contribution < -0.4 is 22.1 Å². The zero-order valence-corrected chi connectivity index (χ0v) is 22.9. The number of carbonyl (C=O) groups excluding carboxylic acids is 4. The van der Waals surface area contributed by atoms with E-state index in [1.54, 1.807) is 24.3 Å². The average Bonchev–Trinajstić information content (AvgIpc) is 3.37. The quantitative estimate of drug-likeness (QED) is 0.229. The van der Waals surface area contributed by atoms with E-state index in [-0.39, 0.29) is 31.7 Å². The van der Waals surface area contributed by atoms with Crippen molar-refractivity contribution in [2.75, 3.05) is 6.54 Å². The van der Waals surface area contributed by atoms with E-state index in [4.69, 9.17) is 16.2 Å². The molecule has 7 N–H and O–H groups in total. The second-order valence-electron chi connectivity index (χ2n) is 10.5. The number of alkyl carbamates (subject to hydrolysis) is 1. The summed E-state index contributed by atoms with van der Waals surface area (Å²) in [6.45, 7) is 1.03. The number of aromatic nitrogens is 1. The number of rotatable bonds is 12. The van der Waals surface area contributed by atoms with Gasteiger partial charge in [-0.15, -0.1) is 0 Å². The van der Waals surface area contributed by atoms with Crippen LogP contribution in [0, 0.1) is 5.41 Å². The summed E-state index contributed by atoms with van der Waals surface area (Å²) in [6, 6.07) is 15.9. The highest BCUT2D eigenvalue weighted by Gasteiger charge is 2.48. The number of primary amides is 1. The van der Waals surface area contributed by atoms with Gasteiger partial charge in [-0.05, 0) is 43.4 Å². The number of benzene rings is 2. The molecule has 1 aliphatic rings. The van der Waals surface area contributed by atoms with Crippen molar-refractivity contribution >= 4 is 34.6 Å². The Balaban J connectivity index is 1.58. The van der Waals surface area contributed by atoms with Gasteiger partial charge in [0.15, 0.2) is 5.78 Å². The molecule has 0 bridgehead atoms. The van der Waals surface area contributed by atoms with Crippen molar-refractivity contribution in [2.24, 2.45) is 16.9 Å². The Hall–Kier alpha value is -4.70. The molecule has 4 rings (SSSR count). The van der Waals surface area contributed by atoms with Crippen LogP contribution in [0.25, 0.3) is 10.9 Å². The van der Waals surface area contributed by atoms with Crippen LogP contribution in [0.3, 0.4) is 0 Å². The summed E-state index contributed by atoms with van der Waals surface area (Å²) in [5.41, 5.74) is 11.5. The van der Waals surface area contributed by atoms with Crippen molar-refractivity contribution in [3.8, 4) is 0 Å². The topological polar surface area (TPSA) is 169 Å². The van der Waals surface area contributed by atoms with Crippen molar-refractivity contribution in [3.05, 3.63) is 96.2 Å². The lowest BCUT2D eigenvalue weighted by Gasteiger charge is -2.40. The number of nitrogens with two attached hydrogens (primary N) is 2. The van der Waals surface area contributed by atoms with E-state index >= 15 is 0 Å². The Morgan fingerprint density at radius 1 is 1.07 bits per heavy atom. The van der Waals surface area contributed by atoms with Crippen molar-refractivity contribution < 1.29 is 23.9 Å². The van der Waals surface area contributed by atoms with Gasteiger partial charge in [-0.25, -0.2) is 4.79 Å². The predicted octanol–water partition coefficient (Wildman–Crippen LogP) is 2.79. The van der Waals surface area contributed by atoms with Crippen LogP contribution in [-0.2, 0) is 32.1 Å². The summed E-state index contributed by atoms with van der Waals surface area (Å²) in [5, 5.41) is 6.08. The Kier molecular flexibility index (Phi) is 9.04. The maximum Gasteiger partial charge on any atom is 0.408 e. The zero-order chi connectivity index (χ0) is 29.5. The number of hydrogen-bond acceptors (Lipinski definition) is 6. The lowest BCUT2D eigenvalue weighted by molar-refractivity contribution is -0.133. The zero-order valence-electron chi connectivity index (χ0n) is 22.9. The van der Waals surface area contributed by atoms with Gasteiger partial charge in [-0.2, -0.15) is 0 Å². The smallest absolute Gasteiger partial charge is 0.408 e. The molecule has 1 aromatic heterocycles. The monoisotopic (exact) mass is 557 g/mol. The van der Waals surface area contributed by atoms with Crippen LogP contribution >= 0.6 is 0 Å². The lowest BCUT2D eigenvalue weighted by atomic mass is 9.67. The number of amides is 3. The van der Waals surface area contributed by atoms with Gasteiger partial charge >= 0.3 is 6.09 Å². The minimum Gasteiger partial charge on any atom is -0.445 e. The molecule has 3 atom stereocenters. The van der Waals surface area contributed by atoms with E-state index in [1.807, 2.05) is 60.8 Å². The lowest BCUT2D eigenvalue weighted by Crippen LogP contribution is -2.61. The van der Waals surface area contributed by atoms with Crippen molar-refractivity contribution in [2.45, 2.75) is 44.4 Å². The molecule has 10 heteroatoms. The molecule has 0 radical (unpaired) electrons. The first kappa shape index (κ1) is 29.3. The summed E-state index contributed by atoms with van der Waals surface area (Å²) in [6.07, 6.45) is 8.48. The number of nitrogens with one attached hydrogen (secondary N) is 3. The van der Waals surface area contributed by atoms with Crippen molar-refractivity contribution in [1.29, 1.82) is 0 Å². The third-order valence-electron chi connectivity index (χ3n) is 7.27. The van der Waals surface area contributed by atoms with Crippen molar-refractivity contribution in [1.82, 2.24) is 15.6 Å². The molecule has 0 saturated heterocycles. The maximum absolute atomic E-state index is 14.1. The highest BCUT2D eigenvalue weighted by atomic mass is 16.5. The van der Waals surface area contributed by atoms with Gasteiger partial charge in [0.05, 0.1) is 18.0 Å². The van der Waals surface area contributed by atoms with Gasteiger partial charge in [0, 0.05) is 17.1 Å². The number of aromatic amines is 1. The SMILES string of the molecule is CC(CC1(C(=O)[C@@H](N)Cc2c[nH]c3ccccc23)C=CC=CC1)(NC(=O)OCc1ccccc1)C(=O)NCC(N)=O. The molecular formula is C31H35N5O5. The molecule has 3 amide bonds. The van der Waals surface area contributed by atoms with E-state index in [9.17, 15) is 19.2 Å². The van der Waals surface area contributed by atoms with Gasteiger partial charge in [0.25, 0.3) is 0 Å². The van der Waals surface area contributed by atoms with Crippen LogP contribution in [0.4, 0.5) is 4.79 Å².